The van der Waals surface area contributed by atoms with Crippen molar-refractivity contribution in [1.29, 1.82) is 0 Å². The molecule has 0 saturated heterocycles. The standard InChI is InChI=1S/C13H19NO4/c1-13(2,3)18-8-5-6-10(15)9(7-8)11(14)12(16)17-4/h5-7,11,15H,14H2,1-4H3/t11-/m1/s1. The van der Waals surface area contributed by atoms with Gasteiger partial charge in [-0.1, -0.05) is 0 Å². The third-order valence-electron chi connectivity index (χ3n) is 2.21. The zero-order valence-corrected chi connectivity index (χ0v) is 11.1. The molecule has 0 saturated carbocycles. The van der Waals surface area contributed by atoms with Crippen LogP contribution in [0.2, 0.25) is 0 Å². The number of carbonyl (C=O) groups is 1. The van der Waals surface area contributed by atoms with Crippen LogP contribution in [-0.2, 0) is 9.53 Å². The number of aromatic hydroxyl groups is 1. The molecule has 0 spiro atoms. The van der Waals surface area contributed by atoms with Gasteiger partial charge in [0.2, 0.25) is 0 Å². The molecule has 100 valence electrons. The molecule has 3 N–H and O–H groups in total. The summed E-state index contributed by atoms with van der Waals surface area (Å²) in [4.78, 5) is 11.4. The average molecular weight is 253 g/mol. The second-order valence-corrected chi connectivity index (χ2v) is 4.94. The molecule has 0 fully saturated rings. The molecule has 0 aliphatic carbocycles. The SMILES string of the molecule is COC(=O)[C@H](N)c1cc(OC(C)(C)C)ccc1O. The largest absolute Gasteiger partial charge is 0.508 e. The van der Waals surface area contributed by atoms with E-state index in [9.17, 15) is 9.90 Å². The van der Waals surface area contributed by atoms with Gasteiger partial charge in [0.05, 0.1) is 7.11 Å². The molecule has 0 bridgehead atoms. The van der Waals surface area contributed by atoms with Crippen LogP contribution in [0.1, 0.15) is 32.4 Å². The van der Waals surface area contributed by atoms with Crippen LogP contribution in [0.5, 0.6) is 11.5 Å². The summed E-state index contributed by atoms with van der Waals surface area (Å²) in [5.74, 6) is -0.137. The first-order valence-electron chi connectivity index (χ1n) is 5.60. The highest BCUT2D eigenvalue weighted by Gasteiger charge is 2.21. The van der Waals surface area contributed by atoms with Crippen molar-refractivity contribution in [2.24, 2.45) is 5.73 Å². The number of carbonyl (C=O) groups excluding carboxylic acids is 1. The van der Waals surface area contributed by atoms with Crippen molar-refractivity contribution in [2.75, 3.05) is 7.11 Å². The zero-order valence-electron chi connectivity index (χ0n) is 11.1. The highest BCUT2D eigenvalue weighted by atomic mass is 16.5. The van der Waals surface area contributed by atoms with E-state index >= 15 is 0 Å². The number of ether oxygens (including phenoxy) is 2. The number of rotatable bonds is 3. The Hall–Kier alpha value is -1.75. The minimum Gasteiger partial charge on any atom is -0.508 e. The van der Waals surface area contributed by atoms with Gasteiger partial charge in [0, 0.05) is 5.56 Å². The minimum absolute atomic E-state index is 0.0610. The van der Waals surface area contributed by atoms with Crippen molar-refractivity contribution in [3.63, 3.8) is 0 Å². The summed E-state index contributed by atoms with van der Waals surface area (Å²) in [6, 6.07) is 3.58. The van der Waals surface area contributed by atoms with E-state index in [-0.39, 0.29) is 16.9 Å². The molecule has 0 aliphatic rings. The molecule has 5 nitrogen and oxygen atoms in total. The van der Waals surface area contributed by atoms with E-state index < -0.39 is 12.0 Å². The Kier molecular flexibility index (Phi) is 4.19. The van der Waals surface area contributed by atoms with Gasteiger partial charge in [-0.2, -0.15) is 0 Å². The van der Waals surface area contributed by atoms with E-state index in [1.54, 1.807) is 12.1 Å². The van der Waals surface area contributed by atoms with Crippen molar-refractivity contribution in [2.45, 2.75) is 32.4 Å². The van der Waals surface area contributed by atoms with Crippen LogP contribution in [0.4, 0.5) is 0 Å². The van der Waals surface area contributed by atoms with Gasteiger partial charge in [0.1, 0.15) is 23.1 Å². The van der Waals surface area contributed by atoms with Crippen LogP contribution in [0.15, 0.2) is 18.2 Å². The average Bonchev–Trinajstić information content (AvgIpc) is 2.28. The second kappa shape index (κ2) is 5.27. The van der Waals surface area contributed by atoms with E-state index in [1.165, 1.54) is 13.2 Å². The van der Waals surface area contributed by atoms with Gasteiger partial charge in [-0.15, -0.1) is 0 Å². The molecule has 1 atom stereocenters. The maximum atomic E-state index is 11.4. The van der Waals surface area contributed by atoms with Gasteiger partial charge < -0.3 is 20.3 Å². The van der Waals surface area contributed by atoms with Crippen LogP contribution in [0.3, 0.4) is 0 Å². The van der Waals surface area contributed by atoms with E-state index in [0.717, 1.165) is 0 Å². The summed E-state index contributed by atoms with van der Waals surface area (Å²) in [6.45, 7) is 5.71. The third kappa shape index (κ3) is 3.63. The molecule has 0 aromatic heterocycles. The molecule has 0 unspecified atom stereocenters. The monoisotopic (exact) mass is 253 g/mol. The summed E-state index contributed by atoms with van der Waals surface area (Å²) in [7, 11) is 1.24. The summed E-state index contributed by atoms with van der Waals surface area (Å²) in [6.07, 6.45) is 0. The lowest BCUT2D eigenvalue weighted by Gasteiger charge is -2.22. The molecule has 5 heteroatoms. The summed E-state index contributed by atoms with van der Waals surface area (Å²) >= 11 is 0. The van der Waals surface area contributed by atoms with E-state index in [1.807, 2.05) is 20.8 Å². The van der Waals surface area contributed by atoms with Crippen molar-refractivity contribution in [1.82, 2.24) is 0 Å². The molecule has 1 aromatic rings. The highest BCUT2D eigenvalue weighted by molar-refractivity contribution is 5.78. The van der Waals surface area contributed by atoms with Crippen molar-refractivity contribution >= 4 is 5.97 Å². The van der Waals surface area contributed by atoms with Gasteiger partial charge in [0.25, 0.3) is 0 Å². The van der Waals surface area contributed by atoms with Gasteiger partial charge in [-0.3, -0.25) is 4.79 Å². The van der Waals surface area contributed by atoms with Crippen LogP contribution in [-0.4, -0.2) is 23.8 Å². The van der Waals surface area contributed by atoms with Crippen LogP contribution < -0.4 is 10.5 Å². The third-order valence-corrected chi connectivity index (χ3v) is 2.21. The second-order valence-electron chi connectivity index (χ2n) is 4.94. The first-order valence-corrected chi connectivity index (χ1v) is 5.60. The molecular weight excluding hydrogens is 234 g/mol. The Morgan fingerprint density at radius 1 is 1.39 bits per heavy atom. The zero-order chi connectivity index (χ0) is 13.9. The maximum absolute atomic E-state index is 11.4. The predicted molar refractivity (Wildman–Crippen MR) is 67.4 cm³/mol. The Bertz CT molecular complexity index is 437. The normalized spacial score (nSPS) is 12.9. The molecule has 0 amide bonds. The predicted octanol–water partition coefficient (Wildman–Crippen LogP) is 1.74. The lowest BCUT2D eigenvalue weighted by Crippen LogP contribution is -2.24. The fraction of sp³-hybridized carbons (Fsp3) is 0.462. The number of hydrogen-bond acceptors (Lipinski definition) is 5. The fourth-order valence-electron chi connectivity index (χ4n) is 1.45. The molecule has 18 heavy (non-hydrogen) atoms. The van der Waals surface area contributed by atoms with Crippen LogP contribution >= 0.6 is 0 Å². The first kappa shape index (κ1) is 14.3. The van der Waals surface area contributed by atoms with E-state index in [0.29, 0.717) is 5.75 Å². The number of phenolic OH excluding ortho intramolecular Hbond substituents is 1. The lowest BCUT2D eigenvalue weighted by atomic mass is 10.1. The van der Waals surface area contributed by atoms with E-state index in [2.05, 4.69) is 4.74 Å². The molecule has 1 aromatic carbocycles. The Morgan fingerprint density at radius 3 is 2.50 bits per heavy atom. The first-order chi connectivity index (χ1) is 8.24. The summed E-state index contributed by atoms with van der Waals surface area (Å²) in [5, 5.41) is 9.70. The van der Waals surface area contributed by atoms with Crippen molar-refractivity contribution in [3.8, 4) is 11.5 Å². The number of benzene rings is 1. The van der Waals surface area contributed by atoms with E-state index in [4.69, 9.17) is 10.5 Å². The number of nitrogens with two attached hydrogens (primary N) is 1. The maximum Gasteiger partial charge on any atom is 0.327 e. The highest BCUT2D eigenvalue weighted by Crippen LogP contribution is 2.29. The molecular formula is C13H19NO4. The Balaban J connectivity index is 3.05. The topological polar surface area (TPSA) is 81.8 Å². The molecule has 0 heterocycles. The fourth-order valence-corrected chi connectivity index (χ4v) is 1.45. The van der Waals surface area contributed by atoms with Gasteiger partial charge >= 0.3 is 5.97 Å². The lowest BCUT2D eigenvalue weighted by molar-refractivity contribution is -0.142. The van der Waals surface area contributed by atoms with Crippen molar-refractivity contribution in [3.05, 3.63) is 23.8 Å². The van der Waals surface area contributed by atoms with Gasteiger partial charge in [-0.25, -0.2) is 0 Å². The Morgan fingerprint density at radius 2 is 2.00 bits per heavy atom. The number of methoxy groups -OCH3 is 1. The summed E-state index contributed by atoms with van der Waals surface area (Å²) in [5.41, 5.74) is 5.60. The number of phenols is 1. The number of esters is 1. The smallest absolute Gasteiger partial charge is 0.327 e. The number of hydrogen-bond donors (Lipinski definition) is 2. The van der Waals surface area contributed by atoms with Crippen LogP contribution in [0.25, 0.3) is 0 Å². The quantitative estimate of drug-likeness (QED) is 0.802. The Labute approximate surface area is 107 Å². The molecule has 0 aliphatic heterocycles. The van der Waals surface area contributed by atoms with Gasteiger partial charge in [-0.05, 0) is 39.0 Å². The molecule has 1 rings (SSSR count). The van der Waals surface area contributed by atoms with Crippen LogP contribution in [0, 0.1) is 0 Å². The van der Waals surface area contributed by atoms with Gasteiger partial charge in [0.15, 0.2) is 0 Å². The summed E-state index contributed by atoms with van der Waals surface area (Å²) < 4.78 is 10.2. The van der Waals surface area contributed by atoms with Crippen molar-refractivity contribution < 1.29 is 19.4 Å². The molecule has 0 radical (unpaired) electrons. The minimum atomic E-state index is -1.03.